The SMILES string of the molecule is CC1C=C(Br)SC2C=C(Br)SC12. The van der Waals surface area contributed by atoms with E-state index in [1.165, 1.54) is 7.63 Å². The predicted molar refractivity (Wildman–Crippen MR) is 65.9 cm³/mol. The summed E-state index contributed by atoms with van der Waals surface area (Å²) in [4.78, 5) is 0. The first-order chi connectivity index (χ1) is 5.66. The Labute approximate surface area is 97.9 Å². The second kappa shape index (κ2) is 3.71. The van der Waals surface area contributed by atoms with Crippen molar-refractivity contribution in [3.63, 3.8) is 0 Å². The summed E-state index contributed by atoms with van der Waals surface area (Å²) < 4.78 is 2.59. The molecule has 0 saturated heterocycles. The highest BCUT2D eigenvalue weighted by atomic mass is 79.9. The molecule has 0 aliphatic carbocycles. The molecule has 0 fully saturated rings. The molecule has 0 amide bonds. The van der Waals surface area contributed by atoms with Crippen LogP contribution in [0.15, 0.2) is 19.8 Å². The average Bonchev–Trinajstić information content (AvgIpc) is 2.29. The van der Waals surface area contributed by atoms with Gasteiger partial charge in [-0.15, -0.1) is 23.5 Å². The maximum absolute atomic E-state index is 3.56. The zero-order valence-corrected chi connectivity index (χ0v) is 11.3. The van der Waals surface area contributed by atoms with Crippen LogP contribution < -0.4 is 0 Å². The van der Waals surface area contributed by atoms with Gasteiger partial charge < -0.3 is 0 Å². The van der Waals surface area contributed by atoms with E-state index in [1.807, 2.05) is 23.5 Å². The predicted octanol–water partition coefficient (Wildman–Crippen LogP) is 4.33. The van der Waals surface area contributed by atoms with Crippen LogP contribution in [-0.2, 0) is 0 Å². The van der Waals surface area contributed by atoms with Crippen LogP contribution in [0.25, 0.3) is 0 Å². The minimum absolute atomic E-state index is 0.652. The number of hydrogen-bond acceptors (Lipinski definition) is 2. The fourth-order valence-electron chi connectivity index (χ4n) is 1.44. The van der Waals surface area contributed by atoms with Crippen LogP contribution >= 0.6 is 55.4 Å². The number of halogens is 2. The number of allylic oxidation sites excluding steroid dienone is 1. The molecular formula is C8H8Br2S2. The fraction of sp³-hybridized carbons (Fsp3) is 0.500. The Morgan fingerprint density at radius 2 is 1.83 bits per heavy atom. The largest absolute Gasteiger partial charge is 0.113 e. The van der Waals surface area contributed by atoms with Crippen molar-refractivity contribution in [2.45, 2.75) is 17.4 Å². The lowest BCUT2D eigenvalue weighted by Gasteiger charge is -2.26. The normalized spacial score (nSPS) is 40.4. The molecule has 0 saturated carbocycles. The highest BCUT2D eigenvalue weighted by Crippen LogP contribution is 2.51. The van der Waals surface area contributed by atoms with Crippen molar-refractivity contribution in [2.75, 3.05) is 0 Å². The molecule has 2 aliphatic rings. The third-order valence-corrected chi connectivity index (χ3v) is 6.27. The molecule has 0 nitrogen and oxygen atoms in total. The summed E-state index contributed by atoms with van der Waals surface area (Å²) in [5, 5.41) is 1.38. The summed E-state index contributed by atoms with van der Waals surface area (Å²) in [5.74, 6) is 0.668. The summed E-state index contributed by atoms with van der Waals surface area (Å²) in [6, 6.07) is 0. The van der Waals surface area contributed by atoms with Crippen molar-refractivity contribution >= 4 is 55.4 Å². The Balaban J connectivity index is 2.21. The summed E-state index contributed by atoms with van der Waals surface area (Å²) in [6.07, 6.45) is 4.61. The first-order valence-electron chi connectivity index (χ1n) is 3.75. The van der Waals surface area contributed by atoms with Crippen molar-refractivity contribution in [3.8, 4) is 0 Å². The van der Waals surface area contributed by atoms with Crippen LogP contribution in [0.2, 0.25) is 0 Å². The molecule has 66 valence electrons. The zero-order valence-electron chi connectivity index (χ0n) is 6.46. The molecule has 3 atom stereocenters. The van der Waals surface area contributed by atoms with Gasteiger partial charge in [0.05, 0.1) is 0 Å². The highest BCUT2D eigenvalue weighted by Gasteiger charge is 2.35. The van der Waals surface area contributed by atoms with Gasteiger partial charge in [0.1, 0.15) is 0 Å². The zero-order chi connectivity index (χ0) is 8.72. The fourth-order valence-corrected chi connectivity index (χ4v) is 6.16. The topological polar surface area (TPSA) is 0 Å². The molecule has 0 bridgehead atoms. The summed E-state index contributed by atoms with van der Waals surface area (Å²) in [6.45, 7) is 2.28. The van der Waals surface area contributed by atoms with E-state index < -0.39 is 0 Å². The maximum atomic E-state index is 3.56. The standard InChI is InChI=1S/C8H8Br2S2/c1-4-2-6(9)11-5-3-7(10)12-8(4)5/h2-5,8H,1H3. The lowest BCUT2D eigenvalue weighted by molar-refractivity contribution is 0.687. The van der Waals surface area contributed by atoms with E-state index in [1.54, 1.807) is 0 Å². The molecular weight excluding hydrogens is 320 g/mol. The summed E-state index contributed by atoms with van der Waals surface area (Å²) in [7, 11) is 0. The van der Waals surface area contributed by atoms with Crippen LogP contribution in [0.1, 0.15) is 6.92 Å². The minimum Gasteiger partial charge on any atom is -0.113 e. The molecule has 2 aliphatic heterocycles. The number of hydrogen-bond donors (Lipinski definition) is 0. The Kier molecular flexibility index (Phi) is 3.00. The molecule has 0 N–H and O–H groups in total. The summed E-state index contributed by atoms with van der Waals surface area (Å²) in [5.41, 5.74) is 0. The third-order valence-electron chi connectivity index (χ3n) is 2.03. The third kappa shape index (κ3) is 1.81. The molecule has 2 rings (SSSR count). The van der Waals surface area contributed by atoms with Crippen LogP contribution in [0, 0.1) is 5.92 Å². The van der Waals surface area contributed by atoms with Crippen molar-refractivity contribution in [3.05, 3.63) is 19.8 Å². The smallest absolute Gasteiger partial charge is 0.0477 e. The summed E-state index contributed by atoms with van der Waals surface area (Å²) >= 11 is 11.0. The van der Waals surface area contributed by atoms with Gasteiger partial charge in [-0.05, 0) is 43.9 Å². The van der Waals surface area contributed by atoms with Gasteiger partial charge in [-0.25, -0.2) is 0 Å². The van der Waals surface area contributed by atoms with Gasteiger partial charge in [0, 0.05) is 18.1 Å². The lowest BCUT2D eigenvalue weighted by Crippen LogP contribution is -2.23. The van der Waals surface area contributed by atoms with Crippen LogP contribution in [-0.4, -0.2) is 10.5 Å². The molecule has 0 aromatic heterocycles. The van der Waals surface area contributed by atoms with E-state index in [0.717, 1.165) is 5.25 Å². The Morgan fingerprint density at radius 1 is 1.17 bits per heavy atom. The van der Waals surface area contributed by atoms with E-state index in [9.17, 15) is 0 Å². The first kappa shape index (κ1) is 9.69. The van der Waals surface area contributed by atoms with Crippen LogP contribution in [0.5, 0.6) is 0 Å². The van der Waals surface area contributed by atoms with Gasteiger partial charge in [0.15, 0.2) is 0 Å². The van der Waals surface area contributed by atoms with Crippen molar-refractivity contribution in [1.82, 2.24) is 0 Å². The Hall–Kier alpha value is 1.14. The van der Waals surface area contributed by atoms with Crippen molar-refractivity contribution in [2.24, 2.45) is 5.92 Å². The van der Waals surface area contributed by atoms with Crippen molar-refractivity contribution < 1.29 is 0 Å². The molecule has 0 spiro atoms. The molecule has 4 heteroatoms. The maximum Gasteiger partial charge on any atom is 0.0477 e. The van der Waals surface area contributed by atoms with E-state index in [-0.39, 0.29) is 0 Å². The van der Waals surface area contributed by atoms with Gasteiger partial charge in [-0.3, -0.25) is 0 Å². The number of rotatable bonds is 0. The second-order valence-corrected chi connectivity index (χ2v) is 8.16. The van der Waals surface area contributed by atoms with E-state index in [4.69, 9.17) is 0 Å². The Morgan fingerprint density at radius 3 is 2.58 bits per heavy atom. The van der Waals surface area contributed by atoms with E-state index in [0.29, 0.717) is 11.2 Å². The highest BCUT2D eigenvalue weighted by molar-refractivity contribution is 9.14. The van der Waals surface area contributed by atoms with Gasteiger partial charge in [0.25, 0.3) is 0 Å². The monoisotopic (exact) mass is 326 g/mol. The van der Waals surface area contributed by atoms with Gasteiger partial charge in [0.2, 0.25) is 0 Å². The number of fused-ring (bicyclic) bond motifs is 1. The lowest BCUT2D eigenvalue weighted by atomic mass is 10.1. The van der Waals surface area contributed by atoms with E-state index >= 15 is 0 Å². The van der Waals surface area contributed by atoms with Crippen LogP contribution in [0.3, 0.4) is 0 Å². The average molecular weight is 328 g/mol. The molecule has 12 heavy (non-hydrogen) atoms. The van der Waals surface area contributed by atoms with E-state index in [2.05, 4.69) is 50.9 Å². The molecule has 0 radical (unpaired) electrons. The van der Waals surface area contributed by atoms with Crippen LogP contribution in [0.4, 0.5) is 0 Å². The van der Waals surface area contributed by atoms with Gasteiger partial charge >= 0.3 is 0 Å². The second-order valence-electron chi connectivity index (χ2n) is 2.97. The van der Waals surface area contributed by atoms with Gasteiger partial charge in [-0.2, -0.15) is 0 Å². The number of thioether (sulfide) groups is 2. The molecule has 0 aromatic carbocycles. The molecule has 2 heterocycles. The first-order valence-corrected chi connectivity index (χ1v) is 7.09. The molecule has 0 aromatic rings. The Bertz CT molecular complexity index is 260. The minimum atomic E-state index is 0.652. The molecule has 3 unspecified atom stereocenters. The quantitative estimate of drug-likeness (QED) is 0.649. The van der Waals surface area contributed by atoms with Crippen molar-refractivity contribution in [1.29, 1.82) is 0 Å². The van der Waals surface area contributed by atoms with Gasteiger partial charge in [-0.1, -0.05) is 13.0 Å².